The summed E-state index contributed by atoms with van der Waals surface area (Å²) in [6.45, 7) is 6.40. The van der Waals surface area contributed by atoms with Gasteiger partial charge in [-0.2, -0.15) is 0 Å². The van der Waals surface area contributed by atoms with Crippen molar-refractivity contribution in [2.45, 2.75) is 32.5 Å². The fourth-order valence-electron chi connectivity index (χ4n) is 2.61. The number of nitrogens with zero attached hydrogens (tertiary/aromatic N) is 3. The van der Waals surface area contributed by atoms with Crippen LogP contribution in [0.1, 0.15) is 19.5 Å². The molecule has 0 N–H and O–H groups in total. The highest BCUT2D eigenvalue weighted by Crippen LogP contribution is 2.15. The first-order chi connectivity index (χ1) is 10.0. The van der Waals surface area contributed by atoms with Gasteiger partial charge in [-0.1, -0.05) is 11.6 Å². The molecular weight excluding hydrogens is 290 g/mol. The van der Waals surface area contributed by atoms with Gasteiger partial charge in [-0.05, 0) is 26.0 Å². The van der Waals surface area contributed by atoms with Gasteiger partial charge in [0.25, 0.3) is 5.56 Å². The Morgan fingerprint density at radius 2 is 2.24 bits per heavy atom. The fourth-order valence-corrected chi connectivity index (χ4v) is 2.77. The van der Waals surface area contributed by atoms with Gasteiger partial charge in [-0.25, -0.2) is 4.98 Å². The Labute approximate surface area is 128 Å². The van der Waals surface area contributed by atoms with Crippen LogP contribution in [0.2, 0.25) is 5.02 Å². The molecule has 0 bridgehead atoms. The van der Waals surface area contributed by atoms with Crippen LogP contribution in [0.4, 0.5) is 0 Å². The van der Waals surface area contributed by atoms with Crippen LogP contribution in [0.25, 0.3) is 5.65 Å². The zero-order valence-electron chi connectivity index (χ0n) is 12.1. The number of ether oxygens (including phenoxy) is 1. The molecule has 2 aromatic heterocycles. The van der Waals surface area contributed by atoms with Crippen LogP contribution in [-0.4, -0.2) is 39.6 Å². The third-order valence-corrected chi connectivity index (χ3v) is 4.00. The Morgan fingerprint density at radius 1 is 1.43 bits per heavy atom. The van der Waals surface area contributed by atoms with Gasteiger partial charge >= 0.3 is 0 Å². The van der Waals surface area contributed by atoms with Crippen molar-refractivity contribution >= 4 is 17.2 Å². The average Bonchev–Trinajstić information content (AvgIpc) is 2.44. The van der Waals surface area contributed by atoms with Gasteiger partial charge in [0.2, 0.25) is 0 Å². The first-order valence-corrected chi connectivity index (χ1v) is 7.44. The number of morpholine rings is 1. The van der Waals surface area contributed by atoms with Crippen molar-refractivity contribution in [3.63, 3.8) is 0 Å². The zero-order chi connectivity index (χ0) is 15.0. The summed E-state index contributed by atoms with van der Waals surface area (Å²) in [5, 5.41) is 0.523. The van der Waals surface area contributed by atoms with Crippen LogP contribution < -0.4 is 5.56 Å². The van der Waals surface area contributed by atoms with Crippen LogP contribution in [0.15, 0.2) is 29.2 Å². The summed E-state index contributed by atoms with van der Waals surface area (Å²) in [6, 6.07) is 5.41. The lowest BCUT2D eigenvalue weighted by Crippen LogP contribution is -2.46. The predicted octanol–water partition coefficient (Wildman–Crippen LogP) is 1.96. The number of rotatable bonds is 2. The molecule has 0 saturated carbocycles. The summed E-state index contributed by atoms with van der Waals surface area (Å²) in [4.78, 5) is 19.0. The lowest BCUT2D eigenvalue weighted by molar-refractivity contribution is -0.0530. The highest BCUT2D eigenvalue weighted by Gasteiger charge is 2.23. The maximum absolute atomic E-state index is 12.2. The molecule has 0 aromatic carbocycles. The highest BCUT2D eigenvalue weighted by atomic mass is 35.5. The van der Waals surface area contributed by atoms with E-state index in [0.29, 0.717) is 29.9 Å². The number of hydrogen-bond acceptors (Lipinski definition) is 4. The van der Waals surface area contributed by atoms with Crippen LogP contribution in [0.5, 0.6) is 0 Å². The molecule has 3 heterocycles. The Kier molecular flexibility index (Phi) is 3.97. The van der Waals surface area contributed by atoms with Crippen molar-refractivity contribution in [2.75, 3.05) is 13.2 Å². The highest BCUT2D eigenvalue weighted by molar-refractivity contribution is 6.30. The maximum atomic E-state index is 12.2. The molecule has 1 aliphatic heterocycles. The Bertz CT molecular complexity index is 716. The van der Waals surface area contributed by atoms with Crippen LogP contribution in [0, 0.1) is 0 Å². The summed E-state index contributed by atoms with van der Waals surface area (Å²) in [5.74, 6) is 0. The van der Waals surface area contributed by atoms with E-state index < -0.39 is 0 Å². The molecule has 6 heteroatoms. The molecule has 5 nitrogen and oxygen atoms in total. The maximum Gasteiger partial charge on any atom is 0.258 e. The van der Waals surface area contributed by atoms with Crippen molar-refractivity contribution < 1.29 is 4.74 Å². The van der Waals surface area contributed by atoms with E-state index in [-0.39, 0.29) is 11.7 Å². The van der Waals surface area contributed by atoms with Crippen LogP contribution in [0.3, 0.4) is 0 Å². The second-order valence-electron chi connectivity index (χ2n) is 5.58. The number of pyridine rings is 1. The van der Waals surface area contributed by atoms with Crippen molar-refractivity contribution in [3.05, 3.63) is 45.5 Å². The zero-order valence-corrected chi connectivity index (χ0v) is 12.9. The summed E-state index contributed by atoms with van der Waals surface area (Å²) < 4.78 is 7.09. The standard InChI is InChI=1S/C15H18ClN3O2/c1-10-9-21-11(2)6-18(10)8-13-5-15(20)19-7-12(16)3-4-14(19)17-13/h3-5,7,10-11H,6,8-9H2,1-2H3/t10-,11-/m0/s1. The topological polar surface area (TPSA) is 46.8 Å². The Hall–Kier alpha value is -1.43. The van der Waals surface area contributed by atoms with E-state index >= 15 is 0 Å². The molecule has 1 aliphatic rings. The molecule has 2 aromatic rings. The number of hydrogen-bond donors (Lipinski definition) is 0. The minimum atomic E-state index is -0.105. The lowest BCUT2D eigenvalue weighted by Gasteiger charge is -2.36. The lowest BCUT2D eigenvalue weighted by atomic mass is 10.2. The largest absolute Gasteiger partial charge is 0.376 e. The molecule has 1 fully saturated rings. The molecule has 0 unspecified atom stereocenters. The monoisotopic (exact) mass is 307 g/mol. The van der Waals surface area contributed by atoms with Crippen molar-refractivity contribution in [3.8, 4) is 0 Å². The molecular formula is C15H18ClN3O2. The molecule has 2 atom stereocenters. The predicted molar refractivity (Wildman–Crippen MR) is 81.8 cm³/mol. The number of fused-ring (bicyclic) bond motifs is 1. The third kappa shape index (κ3) is 3.10. The van der Waals surface area contributed by atoms with Gasteiger partial charge in [-0.15, -0.1) is 0 Å². The average molecular weight is 308 g/mol. The fraction of sp³-hybridized carbons (Fsp3) is 0.467. The smallest absolute Gasteiger partial charge is 0.258 e. The van der Waals surface area contributed by atoms with E-state index in [1.807, 2.05) is 0 Å². The first-order valence-electron chi connectivity index (χ1n) is 7.06. The van der Waals surface area contributed by atoms with Crippen LogP contribution in [-0.2, 0) is 11.3 Å². The summed E-state index contributed by atoms with van der Waals surface area (Å²) >= 11 is 5.91. The van der Waals surface area contributed by atoms with E-state index in [2.05, 4.69) is 23.7 Å². The van der Waals surface area contributed by atoms with Crippen LogP contribution >= 0.6 is 11.6 Å². The third-order valence-electron chi connectivity index (χ3n) is 3.78. The quantitative estimate of drug-likeness (QED) is 0.851. The molecule has 1 saturated heterocycles. The molecule has 3 rings (SSSR count). The molecule has 112 valence electrons. The van der Waals surface area contributed by atoms with E-state index in [0.717, 1.165) is 12.2 Å². The number of aromatic nitrogens is 2. The second kappa shape index (κ2) is 5.75. The Balaban J connectivity index is 1.90. The summed E-state index contributed by atoms with van der Waals surface area (Å²) in [5.41, 5.74) is 1.30. The van der Waals surface area contributed by atoms with Crippen molar-refractivity contribution in [1.82, 2.24) is 14.3 Å². The summed E-state index contributed by atoms with van der Waals surface area (Å²) in [7, 11) is 0. The van der Waals surface area contributed by atoms with Crippen molar-refractivity contribution in [1.29, 1.82) is 0 Å². The molecule has 0 amide bonds. The minimum Gasteiger partial charge on any atom is -0.376 e. The Morgan fingerprint density at radius 3 is 3.05 bits per heavy atom. The normalized spacial score (nSPS) is 23.6. The summed E-state index contributed by atoms with van der Waals surface area (Å²) in [6.07, 6.45) is 1.80. The molecule has 21 heavy (non-hydrogen) atoms. The van der Waals surface area contributed by atoms with Gasteiger partial charge < -0.3 is 4.74 Å². The molecule has 0 radical (unpaired) electrons. The molecule has 0 aliphatic carbocycles. The van der Waals surface area contributed by atoms with E-state index in [1.165, 1.54) is 4.40 Å². The van der Waals surface area contributed by atoms with E-state index in [4.69, 9.17) is 16.3 Å². The second-order valence-corrected chi connectivity index (χ2v) is 6.02. The van der Waals surface area contributed by atoms with Crippen molar-refractivity contribution in [2.24, 2.45) is 0 Å². The van der Waals surface area contributed by atoms with Gasteiger partial charge in [0.05, 0.1) is 23.4 Å². The van der Waals surface area contributed by atoms with E-state index in [9.17, 15) is 4.79 Å². The SMILES string of the molecule is C[C@H]1CN(Cc2cc(=O)n3cc(Cl)ccc3n2)[C@@H](C)CO1. The van der Waals surface area contributed by atoms with Gasteiger partial charge in [0.15, 0.2) is 0 Å². The van der Waals surface area contributed by atoms with Gasteiger partial charge in [-0.3, -0.25) is 14.1 Å². The van der Waals surface area contributed by atoms with E-state index in [1.54, 1.807) is 24.4 Å². The minimum absolute atomic E-state index is 0.105. The first kappa shape index (κ1) is 14.5. The van der Waals surface area contributed by atoms with Gasteiger partial charge in [0, 0.05) is 31.4 Å². The molecule has 0 spiro atoms. The number of halogens is 1. The van der Waals surface area contributed by atoms with Gasteiger partial charge in [0.1, 0.15) is 5.65 Å².